The minimum atomic E-state index is -3.09. The Balaban J connectivity index is 2.83. The van der Waals surface area contributed by atoms with Gasteiger partial charge in [-0.15, -0.1) is 0 Å². The van der Waals surface area contributed by atoms with Gasteiger partial charge in [0.15, 0.2) is 9.84 Å². The van der Waals surface area contributed by atoms with Gasteiger partial charge in [0.1, 0.15) is 0 Å². The summed E-state index contributed by atoms with van der Waals surface area (Å²) in [7, 11) is -3.09. The van der Waals surface area contributed by atoms with Crippen molar-refractivity contribution < 1.29 is 13.2 Å². The minimum absolute atomic E-state index is 0.0646. The van der Waals surface area contributed by atoms with Crippen LogP contribution in [-0.2, 0) is 9.84 Å². The summed E-state index contributed by atoms with van der Waals surface area (Å²) in [4.78, 5) is 12.1. The smallest absolute Gasteiger partial charge is 0.252 e. The van der Waals surface area contributed by atoms with Crippen LogP contribution < -0.4 is 11.1 Å². The number of aryl methyl sites for hydroxylation is 1. The van der Waals surface area contributed by atoms with E-state index >= 15 is 0 Å². The lowest BCUT2D eigenvalue weighted by Gasteiger charge is -2.08. The van der Waals surface area contributed by atoms with Crippen LogP contribution in [0.3, 0.4) is 0 Å². The molecule has 0 aliphatic carbocycles. The van der Waals surface area contributed by atoms with Gasteiger partial charge in [0, 0.05) is 17.9 Å². The molecular weight excluding hydrogens is 288 g/mol. The lowest BCUT2D eigenvalue weighted by Crippen LogP contribution is -2.30. The molecule has 21 heavy (non-hydrogen) atoms. The number of hydrogen-bond acceptors (Lipinski definition) is 4. The maximum atomic E-state index is 12.1. The fourth-order valence-electron chi connectivity index (χ4n) is 1.67. The van der Waals surface area contributed by atoms with Crippen LogP contribution in [0.4, 0.5) is 0 Å². The summed E-state index contributed by atoms with van der Waals surface area (Å²) in [6.07, 6.45) is 0. The van der Waals surface area contributed by atoms with Gasteiger partial charge in [0.2, 0.25) is 0 Å². The van der Waals surface area contributed by atoms with Gasteiger partial charge in [-0.2, -0.15) is 0 Å². The summed E-state index contributed by atoms with van der Waals surface area (Å²) < 4.78 is 22.8. The van der Waals surface area contributed by atoms with Crippen molar-refractivity contribution in [1.29, 1.82) is 0 Å². The third-order valence-electron chi connectivity index (χ3n) is 2.88. The first-order valence-corrected chi connectivity index (χ1v) is 8.50. The van der Waals surface area contributed by atoms with Crippen molar-refractivity contribution in [3.63, 3.8) is 0 Å². The quantitative estimate of drug-likeness (QED) is 0.774. The van der Waals surface area contributed by atoms with Gasteiger partial charge in [-0.3, -0.25) is 4.79 Å². The molecule has 0 heterocycles. The Kier molecular flexibility index (Phi) is 6.40. The first-order valence-electron chi connectivity index (χ1n) is 6.68. The van der Waals surface area contributed by atoms with Gasteiger partial charge in [-0.05, 0) is 24.6 Å². The van der Waals surface area contributed by atoms with Crippen LogP contribution in [-0.4, -0.2) is 38.9 Å². The molecule has 1 amide bonds. The number of hydrogen-bond donors (Lipinski definition) is 2. The first kappa shape index (κ1) is 17.2. The zero-order chi connectivity index (χ0) is 15.9. The molecule has 5 nitrogen and oxygen atoms in total. The average molecular weight is 308 g/mol. The van der Waals surface area contributed by atoms with Crippen molar-refractivity contribution in [2.75, 3.05) is 24.6 Å². The number of nitrogens with two attached hydrogens (primary N) is 1. The van der Waals surface area contributed by atoms with Crippen LogP contribution in [0, 0.1) is 18.8 Å². The molecule has 6 heteroatoms. The fourth-order valence-corrected chi connectivity index (χ4v) is 2.37. The molecule has 0 fully saturated rings. The Morgan fingerprint density at radius 2 is 2.10 bits per heavy atom. The predicted octanol–water partition coefficient (Wildman–Crippen LogP) is 0.470. The molecule has 0 saturated carbocycles. The van der Waals surface area contributed by atoms with Crippen molar-refractivity contribution in [3.05, 3.63) is 34.9 Å². The highest BCUT2D eigenvalue weighted by Crippen LogP contribution is 2.10. The summed E-state index contributed by atoms with van der Waals surface area (Å²) in [5, 5.41) is 2.61. The molecule has 0 bridgehead atoms. The van der Waals surface area contributed by atoms with E-state index in [1.54, 1.807) is 19.1 Å². The second-order valence-electron chi connectivity index (χ2n) is 4.55. The molecule has 0 saturated heterocycles. The maximum absolute atomic E-state index is 12.1. The van der Waals surface area contributed by atoms with Crippen LogP contribution in [0.5, 0.6) is 0 Å². The Bertz CT molecular complexity index is 670. The molecular formula is C15H20N2O3S. The summed E-state index contributed by atoms with van der Waals surface area (Å²) in [5.74, 6) is 5.25. The molecule has 0 radical (unpaired) electrons. The van der Waals surface area contributed by atoms with Crippen molar-refractivity contribution in [2.24, 2.45) is 5.73 Å². The van der Waals surface area contributed by atoms with Gasteiger partial charge >= 0.3 is 0 Å². The molecule has 0 aliphatic rings. The van der Waals surface area contributed by atoms with Gasteiger partial charge in [-0.1, -0.05) is 24.8 Å². The van der Waals surface area contributed by atoms with E-state index in [0.29, 0.717) is 11.1 Å². The van der Waals surface area contributed by atoms with E-state index in [9.17, 15) is 13.2 Å². The molecule has 1 aromatic rings. The van der Waals surface area contributed by atoms with E-state index < -0.39 is 9.84 Å². The predicted molar refractivity (Wildman–Crippen MR) is 83.8 cm³/mol. The number of carbonyl (C=O) groups is 1. The summed E-state index contributed by atoms with van der Waals surface area (Å²) in [5.41, 5.74) is 7.35. The van der Waals surface area contributed by atoms with Gasteiger partial charge < -0.3 is 11.1 Å². The molecule has 0 aromatic heterocycles. The fraction of sp³-hybridized carbons (Fsp3) is 0.400. The number of sulfone groups is 1. The summed E-state index contributed by atoms with van der Waals surface area (Å²) >= 11 is 0. The van der Waals surface area contributed by atoms with Crippen LogP contribution in [0.15, 0.2) is 18.2 Å². The lowest BCUT2D eigenvalue weighted by molar-refractivity contribution is 0.0956. The maximum Gasteiger partial charge on any atom is 0.252 e. The Morgan fingerprint density at radius 3 is 2.71 bits per heavy atom. The zero-order valence-corrected chi connectivity index (χ0v) is 13.1. The van der Waals surface area contributed by atoms with E-state index in [4.69, 9.17) is 5.73 Å². The van der Waals surface area contributed by atoms with Gasteiger partial charge in [-0.25, -0.2) is 8.42 Å². The highest BCUT2D eigenvalue weighted by atomic mass is 32.2. The van der Waals surface area contributed by atoms with Crippen molar-refractivity contribution in [3.8, 4) is 11.8 Å². The number of amides is 1. The van der Waals surface area contributed by atoms with Crippen LogP contribution in [0.1, 0.15) is 28.4 Å². The first-order chi connectivity index (χ1) is 9.89. The Labute approximate surface area is 125 Å². The van der Waals surface area contributed by atoms with E-state index in [0.717, 1.165) is 5.56 Å². The standard InChI is InChI=1S/C15H20N2O3S/c1-3-21(19,20)10-9-17-15(18)14-7-6-12(2)11-13(14)5-4-8-16/h6-7,11H,3,8-10,16H2,1-2H3,(H,17,18). The van der Waals surface area contributed by atoms with Crippen molar-refractivity contribution in [2.45, 2.75) is 13.8 Å². The highest BCUT2D eigenvalue weighted by molar-refractivity contribution is 7.91. The molecule has 0 atom stereocenters. The van der Waals surface area contributed by atoms with E-state index in [-0.39, 0.29) is 30.5 Å². The molecule has 0 unspecified atom stereocenters. The van der Waals surface area contributed by atoms with Crippen LogP contribution >= 0.6 is 0 Å². The minimum Gasteiger partial charge on any atom is -0.351 e. The number of benzene rings is 1. The van der Waals surface area contributed by atoms with Gasteiger partial charge in [0.05, 0.1) is 17.9 Å². The van der Waals surface area contributed by atoms with E-state index in [1.165, 1.54) is 0 Å². The topological polar surface area (TPSA) is 89.3 Å². The van der Waals surface area contributed by atoms with Gasteiger partial charge in [0.25, 0.3) is 5.91 Å². The zero-order valence-electron chi connectivity index (χ0n) is 12.3. The number of rotatable bonds is 5. The molecule has 3 N–H and O–H groups in total. The monoisotopic (exact) mass is 308 g/mol. The molecule has 1 aromatic carbocycles. The molecule has 0 spiro atoms. The van der Waals surface area contributed by atoms with Crippen molar-refractivity contribution in [1.82, 2.24) is 5.32 Å². The highest BCUT2D eigenvalue weighted by Gasteiger charge is 2.12. The molecule has 114 valence electrons. The lowest BCUT2D eigenvalue weighted by atomic mass is 10.0. The SMILES string of the molecule is CCS(=O)(=O)CCNC(=O)c1ccc(C)cc1C#CCN. The van der Waals surface area contributed by atoms with E-state index in [2.05, 4.69) is 17.2 Å². The largest absolute Gasteiger partial charge is 0.351 e. The van der Waals surface area contributed by atoms with Crippen LogP contribution in [0.25, 0.3) is 0 Å². The summed E-state index contributed by atoms with van der Waals surface area (Å²) in [6, 6.07) is 5.30. The Morgan fingerprint density at radius 1 is 1.38 bits per heavy atom. The van der Waals surface area contributed by atoms with Crippen molar-refractivity contribution >= 4 is 15.7 Å². The van der Waals surface area contributed by atoms with E-state index in [1.807, 2.05) is 13.0 Å². The third kappa shape index (κ3) is 5.58. The second kappa shape index (κ2) is 7.81. The number of carbonyl (C=O) groups excluding carboxylic acids is 1. The molecule has 0 aliphatic heterocycles. The third-order valence-corrected chi connectivity index (χ3v) is 4.59. The number of nitrogens with one attached hydrogen (secondary N) is 1. The summed E-state index contributed by atoms with van der Waals surface area (Å²) in [6.45, 7) is 3.79. The van der Waals surface area contributed by atoms with Crippen LogP contribution in [0.2, 0.25) is 0 Å². The Hall–Kier alpha value is -1.84. The normalized spacial score (nSPS) is 10.6. The second-order valence-corrected chi connectivity index (χ2v) is 7.02. The average Bonchev–Trinajstić information content (AvgIpc) is 2.44. The molecule has 1 rings (SSSR count).